The number of hydrogen-bond acceptors (Lipinski definition) is 7. The van der Waals surface area contributed by atoms with Crippen molar-refractivity contribution in [1.29, 1.82) is 0 Å². The summed E-state index contributed by atoms with van der Waals surface area (Å²) in [6.07, 6.45) is -0.247. The summed E-state index contributed by atoms with van der Waals surface area (Å²) in [6, 6.07) is 13.1. The topological polar surface area (TPSA) is 151 Å². The number of nitrogens with one attached hydrogen (secondary N) is 2. The van der Waals surface area contributed by atoms with Crippen LogP contribution < -0.4 is 21.5 Å². The van der Waals surface area contributed by atoms with Crippen LogP contribution in [0.3, 0.4) is 0 Å². The standard InChI is InChI=1S/C23H26N4O7S/c1-15-16(2)24-23(30)27(22(15)29)14-13-20(21(28)25-31)26(3)35(32,33)19-11-9-18(10-12-19)34-17-7-5-4-6-8-17/h4-12,20,31H,13-14H2,1-3H3,(H,24,30)(H,25,28). The van der Waals surface area contributed by atoms with E-state index in [1.54, 1.807) is 38.1 Å². The van der Waals surface area contributed by atoms with E-state index in [1.165, 1.54) is 36.8 Å². The Balaban J connectivity index is 1.83. The molecule has 3 rings (SSSR count). The molecule has 0 radical (unpaired) electrons. The van der Waals surface area contributed by atoms with E-state index >= 15 is 0 Å². The number of benzene rings is 2. The molecule has 3 aromatic rings. The monoisotopic (exact) mass is 502 g/mol. The van der Waals surface area contributed by atoms with E-state index in [9.17, 15) is 28.0 Å². The number of aryl methyl sites for hydroxylation is 1. The predicted molar refractivity (Wildman–Crippen MR) is 127 cm³/mol. The lowest BCUT2D eigenvalue weighted by atomic mass is 10.2. The molecule has 0 aliphatic rings. The van der Waals surface area contributed by atoms with E-state index in [0.29, 0.717) is 22.8 Å². The fourth-order valence-electron chi connectivity index (χ4n) is 3.42. The minimum absolute atomic E-state index is 0.114. The van der Waals surface area contributed by atoms with Crippen LogP contribution in [0.15, 0.2) is 69.1 Å². The van der Waals surface area contributed by atoms with Crippen LogP contribution in [0.4, 0.5) is 0 Å². The largest absolute Gasteiger partial charge is 0.457 e. The number of nitrogens with zero attached hydrogens (tertiary/aromatic N) is 2. The number of amides is 1. The molecule has 1 atom stereocenters. The van der Waals surface area contributed by atoms with E-state index in [-0.39, 0.29) is 17.9 Å². The van der Waals surface area contributed by atoms with E-state index in [0.717, 1.165) is 8.87 Å². The van der Waals surface area contributed by atoms with Crippen molar-refractivity contribution in [2.24, 2.45) is 0 Å². The Hall–Kier alpha value is -3.74. The zero-order valence-corrected chi connectivity index (χ0v) is 20.2. The lowest BCUT2D eigenvalue weighted by Crippen LogP contribution is -2.48. The molecular formula is C23H26N4O7S. The lowest BCUT2D eigenvalue weighted by molar-refractivity contribution is -0.133. The number of hydrogen-bond donors (Lipinski definition) is 3. The number of ether oxygens (including phenoxy) is 1. The molecule has 0 saturated carbocycles. The zero-order valence-electron chi connectivity index (χ0n) is 19.4. The minimum Gasteiger partial charge on any atom is -0.457 e. The second kappa shape index (κ2) is 10.7. The van der Waals surface area contributed by atoms with Crippen molar-refractivity contribution in [2.45, 2.75) is 37.8 Å². The first-order valence-electron chi connectivity index (χ1n) is 10.6. The van der Waals surface area contributed by atoms with Crippen molar-refractivity contribution in [1.82, 2.24) is 19.3 Å². The fourth-order valence-corrected chi connectivity index (χ4v) is 4.77. The first kappa shape index (κ1) is 25.9. The number of rotatable bonds is 9. The van der Waals surface area contributed by atoms with Gasteiger partial charge in [0.25, 0.3) is 11.5 Å². The highest BCUT2D eigenvalue weighted by atomic mass is 32.2. The molecule has 11 nitrogen and oxygen atoms in total. The SMILES string of the molecule is Cc1[nH]c(=O)n(CCC(C(=O)NO)N(C)S(=O)(=O)c2ccc(Oc3ccccc3)cc2)c(=O)c1C. The number of H-pyrrole nitrogens is 1. The number of likely N-dealkylation sites (N-methyl/N-ethyl adjacent to an activating group) is 1. The summed E-state index contributed by atoms with van der Waals surface area (Å²) in [5.74, 6) is -0.0132. The second-order valence-electron chi connectivity index (χ2n) is 7.83. The number of aromatic nitrogens is 2. The molecule has 0 aliphatic carbocycles. The van der Waals surface area contributed by atoms with Gasteiger partial charge < -0.3 is 9.72 Å². The number of aromatic amines is 1. The van der Waals surface area contributed by atoms with Crippen molar-refractivity contribution in [2.75, 3.05) is 7.05 Å². The highest BCUT2D eigenvalue weighted by Gasteiger charge is 2.33. The van der Waals surface area contributed by atoms with Gasteiger partial charge in [0, 0.05) is 24.8 Å². The van der Waals surface area contributed by atoms with Gasteiger partial charge in [-0.25, -0.2) is 18.7 Å². The third-order valence-electron chi connectivity index (χ3n) is 5.63. The average Bonchev–Trinajstić information content (AvgIpc) is 2.85. The smallest absolute Gasteiger partial charge is 0.328 e. The predicted octanol–water partition coefficient (Wildman–Crippen LogP) is 1.53. The fraction of sp³-hybridized carbons (Fsp3) is 0.261. The van der Waals surface area contributed by atoms with Crippen molar-refractivity contribution in [3.63, 3.8) is 0 Å². The number of para-hydroxylation sites is 1. The summed E-state index contributed by atoms with van der Waals surface area (Å²) in [7, 11) is -3.01. The molecule has 186 valence electrons. The molecular weight excluding hydrogens is 476 g/mol. The molecule has 35 heavy (non-hydrogen) atoms. The number of sulfonamides is 1. The molecule has 0 fully saturated rings. The van der Waals surface area contributed by atoms with E-state index in [2.05, 4.69) is 4.98 Å². The van der Waals surface area contributed by atoms with E-state index < -0.39 is 33.2 Å². The van der Waals surface area contributed by atoms with E-state index in [1.807, 2.05) is 6.07 Å². The molecule has 2 aromatic carbocycles. The molecule has 3 N–H and O–H groups in total. The van der Waals surface area contributed by atoms with Gasteiger partial charge in [-0.3, -0.25) is 19.4 Å². The van der Waals surface area contributed by atoms with Crippen LogP contribution in [0.5, 0.6) is 11.5 Å². The third-order valence-corrected chi connectivity index (χ3v) is 7.51. The van der Waals surface area contributed by atoms with Gasteiger partial charge in [-0.15, -0.1) is 0 Å². The first-order chi connectivity index (χ1) is 16.6. The number of hydroxylamine groups is 1. The molecule has 12 heteroatoms. The Labute approximate surface area is 201 Å². The molecule has 0 bridgehead atoms. The van der Waals surface area contributed by atoms with Crippen LogP contribution in [0, 0.1) is 13.8 Å². The van der Waals surface area contributed by atoms with Crippen molar-refractivity contribution >= 4 is 15.9 Å². The molecule has 1 unspecified atom stereocenters. The molecule has 1 aromatic heterocycles. The van der Waals surface area contributed by atoms with Gasteiger partial charge in [-0.1, -0.05) is 18.2 Å². The minimum atomic E-state index is -4.19. The average molecular weight is 503 g/mol. The van der Waals surface area contributed by atoms with Gasteiger partial charge in [-0.2, -0.15) is 4.31 Å². The maximum absolute atomic E-state index is 13.2. The normalized spacial score (nSPS) is 12.4. The number of carbonyl (C=O) groups is 1. The highest BCUT2D eigenvalue weighted by molar-refractivity contribution is 7.89. The second-order valence-corrected chi connectivity index (χ2v) is 9.82. The number of carbonyl (C=O) groups excluding carboxylic acids is 1. The van der Waals surface area contributed by atoms with Gasteiger partial charge in [0.1, 0.15) is 17.5 Å². The molecule has 1 amide bonds. The van der Waals surface area contributed by atoms with Crippen LogP contribution >= 0.6 is 0 Å². The van der Waals surface area contributed by atoms with Crippen LogP contribution in [-0.2, 0) is 21.4 Å². The Morgan fingerprint density at radius 3 is 2.29 bits per heavy atom. The van der Waals surface area contributed by atoms with Crippen molar-refractivity contribution < 1.29 is 23.2 Å². The van der Waals surface area contributed by atoms with Crippen LogP contribution in [0.1, 0.15) is 17.7 Å². The van der Waals surface area contributed by atoms with Gasteiger partial charge in [-0.05, 0) is 56.7 Å². The summed E-state index contributed by atoms with van der Waals surface area (Å²) in [5, 5.41) is 9.18. The van der Waals surface area contributed by atoms with Crippen molar-refractivity contribution in [3.05, 3.63) is 86.7 Å². The first-order valence-corrected chi connectivity index (χ1v) is 12.1. The maximum Gasteiger partial charge on any atom is 0.328 e. The summed E-state index contributed by atoms with van der Waals surface area (Å²) < 4.78 is 33.7. The van der Waals surface area contributed by atoms with Gasteiger partial charge in [0.05, 0.1) is 4.90 Å². The Bertz CT molecular complexity index is 1410. The molecule has 0 aliphatic heterocycles. The van der Waals surface area contributed by atoms with Crippen LogP contribution in [0.2, 0.25) is 0 Å². The molecule has 0 spiro atoms. The summed E-state index contributed by atoms with van der Waals surface area (Å²) in [4.78, 5) is 39.5. The Kier molecular flexibility index (Phi) is 7.89. The highest BCUT2D eigenvalue weighted by Crippen LogP contribution is 2.25. The third kappa shape index (κ3) is 5.67. The van der Waals surface area contributed by atoms with Crippen molar-refractivity contribution in [3.8, 4) is 11.5 Å². The van der Waals surface area contributed by atoms with Crippen LogP contribution in [0.25, 0.3) is 0 Å². The maximum atomic E-state index is 13.2. The molecule has 1 heterocycles. The van der Waals surface area contributed by atoms with E-state index in [4.69, 9.17) is 4.74 Å². The Morgan fingerprint density at radius 1 is 1.09 bits per heavy atom. The summed E-state index contributed by atoms with van der Waals surface area (Å²) >= 11 is 0. The van der Waals surface area contributed by atoms with Crippen LogP contribution in [-0.4, -0.2) is 46.5 Å². The quantitative estimate of drug-likeness (QED) is 0.296. The molecule has 0 saturated heterocycles. The van der Waals surface area contributed by atoms with Gasteiger partial charge >= 0.3 is 5.69 Å². The lowest BCUT2D eigenvalue weighted by Gasteiger charge is -2.26. The van der Waals surface area contributed by atoms with Gasteiger partial charge in [0.2, 0.25) is 10.0 Å². The Morgan fingerprint density at radius 2 is 1.69 bits per heavy atom. The summed E-state index contributed by atoms with van der Waals surface area (Å²) in [6.45, 7) is 2.88. The zero-order chi connectivity index (χ0) is 25.8. The summed E-state index contributed by atoms with van der Waals surface area (Å²) in [5.41, 5.74) is 0.969. The van der Waals surface area contributed by atoms with Gasteiger partial charge in [0.15, 0.2) is 0 Å².